The van der Waals surface area contributed by atoms with Gasteiger partial charge in [0, 0.05) is 19.9 Å². The zero-order valence-corrected chi connectivity index (χ0v) is 10.8. The molecule has 0 aromatic carbocycles. The van der Waals surface area contributed by atoms with Gasteiger partial charge in [0.05, 0.1) is 11.8 Å². The molecule has 0 fully saturated rings. The molecule has 8 nitrogen and oxygen atoms in total. The molecule has 19 heavy (non-hydrogen) atoms. The second-order valence-electron chi connectivity index (χ2n) is 3.84. The van der Waals surface area contributed by atoms with Crippen LogP contribution < -0.4 is 0 Å². The number of aromatic nitrogens is 4. The van der Waals surface area contributed by atoms with Gasteiger partial charge in [-0.2, -0.15) is 10.1 Å². The second-order valence-corrected chi connectivity index (χ2v) is 3.84. The summed E-state index contributed by atoms with van der Waals surface area (Å²) in [4.78, 5) is 17.8. The first kappa shape index (κ1) is 13.2. The lowest BCUT2D eigenvalue weighted by atomic mass is 10.3. The smallest absolute Gasteiger partial charge is 0.257 e. The first-order valence-corrected chi connectivity index (χ1v) is 5.83. The predicted molar refractivity (Wildman–Crippen MR) is 64.0 cm³/mol. The van der Waals surface area contributed by atoms with E-state index in [2.05, 4.69) is 20.3 Å². The molecule has 0 unspecified atom stereocenters. The summed E-state index contributed by atoms with van der Waals surface area (Å²) in [6, 6.07) is 0. The van der Waals surface area contributed by atoms with Crippen molar-refractivity contribution in [2.45, 2.75) is 20.1 Å². The summed E-state index contributed by atoms with van der Waals surface area (Å²) in [5, 5.41) is 10.1. The lowest BCUT2D eigenvalue weighted by Crippen LogP contribution is -2.30. The highest BCUT2D eigenvalue weighted by atomic mass is 16.5. The maximum Gasteiger partial charge on any atom is 0.257 e. The van der Waals surface area contributed by atoms with Gasteiger partial charge >= 0.3 is 0 Å². The number of aromatic amines is 1. The van der Waals surface area contributed by atoms with Crippen LogP contribution in [-0.4, -0.2) is 44.8 Å². The fraction of sp³-hybridized carbons (Fsp3) is 0.455. The van der Waals surface area contributed by atoms with Crippen molar-refractivity contribution < 1.29 is 14.1 Å². The van der Waals surface area contributed by atoms with E-state index in [1.165, 1.54) is 6.20 Å². The first-order valence-electron chi connectivity index (χ1n) is 5.83. The number of hydrogen-bond acceptors (Lipinski definition) is 6. The minimum Gasteiger partial charge on any atom is -0.377 e. The van der Waals surface area contributed by atoms with Crippen molar-refractivity contribution in [3.05, 3.63) is 29.7 Å². The molecule has 0 spiro atoms. The molecule has 0 aliphatic carbocycles. The van der Waals surface area contributed by atoms with Gasteiger partial charge < -0.3 is 14.2 Å². The number of H-pyrrole nitrogens is 1. The molecular formula is C11H15N5O3. The molecule has 1 amide bonds. The van der Waals surface area contributed by atoms with Crippen LogP contribution in [0.15, 0.2) is 16.9 Å². The summed E-state index contributed by atoms with van der Waals surface area (Å²) in [6.07, 6.45) is 3.03. The topological polar surface area (TPSA) is 97.1 Å². The van der Waals surface area contributed by atoms with Crippen LogP contribution in [0, 0.1) is 0 Å². The summed E-state index contributed by atoms with van der Waals surface area (Å²) >= 11 is 0. The Labute approximate surface area is 109 Å². The zero-order chi connectivity index (χ0) is 13.7. The second kappa shape index (κ2) is 6.10. The van der Waals surface area contributed by atoms with Crippen LogP contribution >= 0.6 is 0 Å². The van der Waals surface area contributed by atoms with E-state index in [1.54, 1.807) is 18.2 Å². The van der Waals surface area contributed by atoms with Crippen LogP contribution in [0.25, 0.3) is 0 Å². The average Bonchev–Trinajstić information content (AvgIpc) is 3.07. The van der Waals surface area contributed by atoms with E-state index in [-0.39, 0.29) is 19.1 Å². The van der Waals surface area contributed by atoms with Crippen LogP contribution in [0.1, 0.15) is 29.0 Å². The molecule has 8 heteroatoms. The van der Waals surface area contributed by atoms with Gasteiger partial charge in [0.2, 0.25) is 5.89 Å². The maximum atomic E-state index is 12.1. The predicted octanol–water partition coefficient (Wildman–Crippen LogP) is 0.601. The number of carbonyl (C=O) groups excluding carboxylic acids is 1. The van der Waals surface area contributed by atoms with Crippen LogP contribution in [0.3, 0.4) is 0 Å². The van der Waals surface area contributed by atoms with Gasteiger partial charge in [-0.1, -0.05) is 5.16 Å². The van der Waals surface area contributed by atoms with E-state index in [4.69, 9.17) is 9.26 Å². The highest BCUT2D eigenvalue weighted by Gasteiger charge is 2.18. The Bertz CT molecular complexity index is 522. The molecule has 0 aliphatic heterocycles. The summed E-state index contributed by atoms with van der Waals surface area (Å²) in [5.74, 6) is 0.706. The Hall–Kier alpha value is -2.22. The van der Waals surface area contributed by atoms with Crippen molar-refractivity contribution in [1.82, 2.24) is 25.2 Å². The number of rotatable bonds is 6. The fourth-order valence-electron chi connectivity index (χ4n) is 1.58. The summed E-state index contributed by atoms with van der Waals surface area (Å²) in [7, 11) is 1.55. The molecule has 0 radical (unpaired) electrons. The third kappa shape index (κ3) is 3.16. The highest BCUT2D eigenvalue weighted by Crippen LogP contribution is 2.08. The van der Waals surface area contributed by atoms with Crippen molar-refractivity contribution in [2.24, 2.45) is 0 Å². The lowest BCUT2D eigenvalue weighted by molar-refractivity contribution is 0.0734. The number of carbonyl (C=O) groups is 1. The summed E-state index contributed by atoms with van der Waals surface area (Å²) in [6.45, 7) is 2.96. The van der Waals surface area contributed by atoms with Crippen molar-refractivity contribution in [1.29, 1.82) is 0 Å². The molecule has 0 saturated carbocycles. The van der Waals surface area contributed by atoms with E-state index in [0.29, 0.717) is 23.8 Å². The normalized spacial score (nSPS) is 10.6. The molecule has 2 heterocycles. The van der Waals surface area contributed by atoms with Gasteiger partial charge in [0.25, 0.3) is 5.91 Å². The Morgan fingerprint density at radius 1 is 1.58 bits per heavy atom. The van der Waals surface area contributed by atoms with Gasteiger partial charge in [-0.3, -0.25) is 9.89 Å². The zero-order valence-electron chi connectivity index (χ0n) is 10.8. The van der Waals surface area contributed by atoms with Crippen molar-refractivity contribution in [3.8, 4) is 0 Å². The van der Waals surface area contributed by atoms with Crippen LogP contribution in [-0.2, 0) is 17.9 Å². The van der Waals surface area contributed by atoms with Gasteiger partial charge in [-0.15, -0.1) is 0 Å². The minimum absolute atomic E-state index is 0.136. The quantitative estimate of drug-likeness (QED) is 0.821. The standard InChI is InChI=1S/C11H15N5O3/c1-3-16(11(17)8-4-12-13-5-8)6-10-14-9(7-18-2)15-19-10/h4-5H,3,6-7H2,1-2H3,(H,12,13). The van der Waals surface area contributed by atoms with E-state index < -0.39 is 0 Å². The molecule has 2 aromatic heterocycles. The largest absolute Gasteiger partial charge is 0.377 e. The average molecular weight is 265 g/mol. The monoisotopic (exact) mass is 265 g/mol. The Morgan fingerprint density at radius 3 is 3.05 bits per heavy atom. The molecular weight excluding hydrogens is 250 g/mol. The molecule has 0 aliphatic rings. The van der Waals surface area contributed by atoms with Crippen molar-refractivity contribution in [2.75, 3.05) is 13.7 Å². The molecule has 0 bridgehead atoms. The molecule has 2 aromatic rings. The number of nitrogens with one attached hydrogen (secondary N) is 1. The molecule has 102 valence electrons. The van der Waals surface area contributed by atoms with Gasteiger partial charge in [0.15, 0.2) is 5.82 Å². The summed E-state index contributed by atoms with van der Waals surface area (Å²) < 4.78 is 9.96. The van der Waals surface area contributed by atoms with Crippen molar-refractivity contribution in [3.63, 3.8) is 0 Å². The highest BCUT2D eigenvalue weighted by molar-refractivity contribution is 5.93. The Balaban J connectivity index is 2.04. The minimum atomic E-state index is -0.136. The van der Waals surface area contributed by atoms with E-state index in [1.807, 2.05) is 6.92 Å². The fourth-order valence-corrected chi connectivity index (χ4v) is 1.58. The van der Waals surface area contributed by atoms with Gasteiger partial charge in [0.1, 0.15) is 13.2 Å². The lowest BCUT2D eigenvalue weighted by Gasteiger charge is -2.17. The molecule has 0 atom stereocenters. The number of nitrogens with zero attached hydrogens (tertiary/aromatic N) is 4. The van der Waals surface area contributed by atoms with Gasteiger partial charge in [-0.25, -0.2) is 0 Å². The van der Waals surface area contributed by atoms with E-state index >= 15 is 0 Å². The Kier molecular flexibility index (Phi) is 4.24. The third-order valence-electron chi connectivity index (χ3n) is 2.52. The summed E-state index contributed by atoms with van der Waals surface area (Å²) in [5.41, 5.74) is 0.499. The molecule has 2 rings (SSSR count). The van der Waals surface area contributed by atoms with Crippen LogP contribution in [0.4, 0.5) is 0 Å². The molecule has 0 saturated heterocycles. The van der Waals surface area contributed by atoms with Crippen LogP contribution in [0.2, 0.25) is 0 Å². The molecule has 1 N–H and O–H groups in total. The number of amides is 1. The number of ether oxygens (including phenoxy) is 1. The van der Waals surface area contributed by atoms with Gasteiger partial charge in [-0.05, 0) is 6.92 Å². The van der Waals surface area contributed by atoms with Crippen molar-refractivity contribution >= 4 is 5.91 Å². The third-order valence-corrected chi connectivity index (χ3v) is 2.52. The first-order chi connectivity index (χ1) is 9.24. The maximum absolute atomic E-state index is 12.1. The number of methoxy groups -OCH3 is 1. The van der Waals surface area contributed by atoms with E-state index in [0.717, 1.165) is 0 Å². The number of hydrogen-bond donors (Lipinski definition) is 1. The van der Waals surface area contributed by atoms with Crippen LogP contribution in [0.5, 0.6) is 0 Å². The Morgan fingerprint density at radius 2 is 2.42 bits per heavy atom. The SMILES string of the molecule is CCN(Cc1nc(COC)no1)C(=O)c1cn[nH]c1. The van der Waals surface area contributed by atoms with E-state index in [9.17, 15) is 4.79 Å².